The molecule has 2 rings (SSSR count). The number of hydrogen-bond acceptors (Lipinski definition) is 3. The molecule has 2 atom stereocenters. The molecule has 4 heteroatoms. The minimum Gasteiger partial charge on any atom is -0.493 e. The van der Waals surface area contributed by atoms with E-state index in [-0.39, 0.29) is 12.1 Å². The topological polar surface area (TPSA) is 47.6 Å². The van der Waals surface area contributed by atoms with Crippen molar-refractivity contribution in [2.45, 2.75) is 58.9 Å². The monoisotopic (exact) mass is 319 g/mol. The van der Waals surface area contributed by atoms with E-state index in [1.807, 2.05) is 19.1 Å². The van der Waals surface area contributed by atoms with E-state index in [0.717, 1.165) is 30.6 Å². The first kappa shape index (κ1) is 17.6. The maximum absolute atomic E-state index is 12.1. The first-order chi connectivity index (χ1) is 11.1. The number of fused-ring (bicyclic) bond motifs is 1. The zero-order valence-electron chi connectivity index (χ0n) is 14.6. The van der Waals surface area contributed by atoms with Crippen LogP contribution < -0.4 is 10.1 Å². The number of carbonyl (C=O) groups excluding carboxylic acids is 1. The SMILES string of the molecule is CCCCC(CC)COC(=O)NC1CCOc2ccc(C)cc21. The Labute approximate surface area is 139 Å². The number of rotatable bonds is 7. The molecule has 4 nitrogen and oxygen atoms in total. The third-order valence-corrected chi connectivity index (χ3v) is 4.49. The number of ether oxygens (including phenoxy) is 2. The van der Waals surface area contributed by atoms with E-state index in [1.54, 1.807) is 0 Å². The molecule has 1 amide bonds. The van der Waals surface area contributed by atoms with Gasteiger partial charge < -0.3 is 14.8 Å². The van der Waals surface area contributed by atoms with Gasteiger partial charge in [-0.05, 0) is 25.3 Å². The van der Waals surface area contributed by atoms with Gasteiger partial charge in [-0.25, -0.2) is 4.79 Å². The molecule has 1 aromatic rings. The zero-order chi connectivity index (χ0) is 16.7. The maximum Gasteiger partial charge on any atom is 0.407 e. The highest BCUT2D eigenvalue weighted by Gasteiger charge is 2.24. The summed E-state index contributed by atoms with van der Waals surface area (Å²) in [6.07, 6.45) is 5.00. The van der Waals surface area contributed by atoms with Crippen LogP contribution in [0.5, 0.6) is 5.75 Å². The predicted octanol–water partition coefficient (Wildman–Crippen LogP) is 4.76. The van der Waals surface area contributed by atoms with Gasteiger partial charge in [-0.2, -0.15) is 0 Å². The average molecular weight is 319 g/mol. The quantitative estimate of drug-likeness (QED) is 0.788. The summed E-state index contributed by atoms with van der Waals surface area (Å²) in [5, 5.41) is 3.00. The van der Waals surface area contributed by atoms with Gasteiger partial charge in [0, 0.05) is 12.0 Å². The van der Waals surface area contributed by atoms with Crippen LogP contribution in [0.3, 0.4) is 0 Å². The number of hydrogen-bond donors (Lipinski definition) is 1. The average Bonchev–Trinajstić information content (AvgIpc) is 2.55. The Morgan fingerprint density at radius 3 is 3.00 bits per heavy atom. The lowest BCUT2D eigenvalue weighted by Crippen LogP contribution is -2.33. The summed E-state index contributed by atoms with van der Waals surface area (Å²) in [7, 11) is 0. The van der Waals surface area contributed by atoms with E-state index < -0.39 is 0 Å². The number of aryl methyl sites for hydroxylation is 1. The van der Waals surface area contributed by atoms with E-state index in [4.69, 9.17) is 9.47 Å². The molecule has 0 aliphatic carbocycles. The standard InChI is InChI=1S/C19H29NO3/c1-4-6-7-15(5-2)13-23-19(21)20-17-10-11-22-18-9-8-14(3)12-16(17)18/h8-9,12,15,17H,4-7,10-11,13H2,1-3H3,(H,20,21). The summed E-state index contributed by atoms with van der Waals surface area (Å²) in [6, 6.07) is 6.05. The van der Waals surface area contributed by atoms with Crippen LogP contribution in [0.15, 0.2) is 18.2 Å². The van der Waals surface area contributed by atoms with Crippen LogP contribution in [-0.4, -0.2) is 19.3 Å². The minimum atomic E-state index is -0.320. The van der Waals surface area contributed by atoms with Gasteiger partial charge in [-0.1, -0.05) is 50.8 Å². The molecule has 2 unspecified atom stereocenters. The van der Waals surface area contributed by atoms with Crippen molar-refractivity contribution in [1.29, 1.82) is 0 Å². The van der Waals surface area contributed by atoms with E-state index in [1.165, 1.54) is 18.4 Å². The van der Waals surface area contributed by atoms with Crippen molar-refractivity contribution in [3.8, 4) is 5.75 Å². The van der Waals surface area contributed by atoms with Crippen molar-refractivity contribution in [2.75, 3.05) is 13.2 Å². The Bertz CT molecular complexity index is 515. The van der Waals surface area contributed by atoms with Crippen LogP contribution in [0.1, 0.15) is 63.1 Å². The third kappa shape index (κ3) is 5.15. The molecule has 1 N–H and O–H groups in total. The lowest BCUT2D eigenvalue weighted by Gasteiger charge is -2.27. The van der Waals surface area contributed by atoms with Crippen molar-refractivity contribution in [2.24, 2.45) is 5.92 Å². The van der Waals surface area contributed by atoms with Gasteiger partial charge in [0.1, 0.15) is 5.75 Å². The van der Waals surface area contributed by atoms with Gasteiger partial charge >= 0.3 is 6.09 Å². The Kier molecular flexibility index (Phi) is 6.75. The van der Waals surface area contributed by atoms with Crippen LogP contribution in [0.2, 0.25) is 0 Å². The van der Waals surface area contributed by atoms with Gasteiger partial charge in [0.2, 0.25) is 0 Å². The number of nitrogens with one attached hydrogen (secondary N) is 1. The van der Waals surface area contributed by atoms with Gasteiger partial charge in [-0.15, -0.1) is 0 Å². The van der Waals surface area contributed by atoms with Crippen LogP contribution in [0, 0.1) is 12.8 Å². The molecule has 0 spiro atoms. The Hall–Kier alpha value is -1.71. The smallest absolute Gasteiger partial charge is 0.407 e. The van der Waals surface area contributed by atoms with Crippen molar-refractivity contribution < 1.29 is 14.3 Å². The molecule has 0 fully saturated rings. The second-order valence-corrected chi connectivity index (χ2v) is 6.39. The molecule has 0 aromatic heterocycles. The lowest BCUT2D eigenvalue weighted by molar-refractivity contribution is 0.116. The highest BCUT2D eigenvalue weighted by molar-refractivity contribution is 5.68. The molecule has 1 heterocycles. The van der Waals surface area contributed by atoms with Crippen molar-refractivity contribution in [3.05, 3.63) is 29.3 Å². The molecule has 128 valence electrons. The van der Waals surface area contributed by atoms with E-state index in [0.29, 0.717) is 19.1 Å². The molecule has 23 heavy (non-hydrogen) atoms. The summed E-state index contributed by atoms with van der Waals surface area (Å²) in [5.41, 5.74) is 2.21. The Morgan fingerprint density at radius 2 is 2.26 bits per heavy atom. The predicted molar refractivity (Wildman–Crippen MR) is 91.8 cm³/mol. The fourth-order valence-electron chi connectivity index (χ4n) is 2.94. The van der Waals surface area contributed by atoms with Crippen molar-refractivity contribution >= 4 is 6.09 Å². The van der Waals surface area contributed by atoms with Crippen LogP contribution >= 0.6 is 0 Å². The van der Waals surface area contributed by atoms with Gasteiger partial charge in [0.15, 0.2) is 0 Å². The number of alkyl carbamates (subject to hydrolysis) is 1. The molecule has 1 aromatic carbocycles. The molecule has 0 saturated carbocycles. The van der Waals surface area contributed by atoms with E-state index in [9.17, 15) is 4.79 Å². The number of amides is 1. The lowest BCUT2D eigenvalue weighted by atomic mass is 9.99. The van der Waals surface area contributed by atoms with Crippen LogP contribution in [-0.2, 0) is 4.74 Å². The minimum absolute atomic E-state index is 0.0260. The highest BCUT2D eigenvalue weighted by atomic mass is 16.5. The Morgan fingerprint density at radius 1 is 1.43 bits per heavy atom. The second-order valence-electron chi connectivity index (χ2n) is 6.39. The molecule has 1 aliphatic rings. The fourth-order valence-corrected chi connectivity index (χ4v) is 2.94. The van der Waals surface area contributed by atoms with Crippen LogP contribution in [0.4, 0.5) is 4.79 Å². The summed E-state index contributed by atoms with van der Waals surface area (Å²) >= 11 is 0. The summed E-state index contributed by atoms with van der Waals surface area (Å²) < 4.78 is 11.1. The first-order valence-electron chi connectivity index (χ1n) is 8.80. The number of benzene rings is 1. The highest BCUT2D eigenvalue weighted by Crippen LogP contribution is 2.32. The first-order valence-corrected chi connectivity index (χ1v) is 8.80. The molecule has 1 aliphatic heterocycles. The molecule has 0 radical (unpaired) electrons. The molecular formula is C19H29NO3. The number of unbranched alkanes of at least 4 members (excludes halogenated alkanes) is 1. The van der Waals surface area contributed by atoms with Gasteiger partial charge in [0.25, 0.3) is 0 Å². The van der Waals surface area contributed by atoms with Gasteiger partial charge in [0.05, 0.1) is 19.3 Å². The molecular weight excluding hydrogens is 290 g/mol. The normalized spacial score (nSPS) is 17.8. The van der Waals surface area contributed by atoms with Crippen molar-refractivity contribution in [1.82, 2.24) is 5.32 Å². The van der Waals surface area contributed by atoms with Gasteiger partial charge in [-0.3, -0.25) is 0 Å². The second kappa shape index (κ2) is 8.80. The summed E-state index contributed by atoms with van der Waals surface area (Å²) in [5.74, 6) is 1.33. The van der Waals surface area contributed by atoms with E-state index >= 15 is 0 Å². The number of carbonyl (C=O) groups is 1. The van der Waals surface area contributed by atoms with Crippen LogP contribution in [0.25, 0.3) is 0 Å². The fraction of sp³-hybridized carbons (Fsp3) is 0.632. The zero-order valence-corrected chi connectivity index (χ0v) is 14.6. The summed E-state index contributed by atoms with van der Waals surface area (Å²) in [4.78, 5) is 12.1. The van der Waals surface area contributed by atoms with E-state index in [2.05, 4.69) is 25.2 Å². The molecule has 0 saturated heterocycles. The van der Waals surface area contributed by atoms with Crippen molar-refractivity contribution in [3.63, 3.8) is 0 Å². The Balaban J connectivity index is 1.88. The summed E-state index contributed by atoms with van der Waals surface area (Å²) in [6.45, 7) is 7.51. The third-order valence-electron chi connectivity index (χ3n) is 4.49. The largest absolute Gasteiger partial charge is 0.493 e. The maximum atomic E-state index is 12.1. The molecule has 0 bridgehead atoms.